The molecule has 0 radical (unpaired) electrons. The highest BCUT2D eigenvalue weighted by Crippen LogP contribution is 2.51. The molecule has 1 aromatic heterocycles. The van der Waals surface area contributed by atoms with Crippen LogP contribution in [0.5, 0.6) is 11.5 Å². The van der Waals surface area contributed by atoms with E-state index >= 15 is 0 Å². The van der Waals surface area contributed by atoms with Crippen LogP contribution in [0.25, 0.3) is 11.0 Å². The minimum Gasteiger partial charge on any atom is -0.497 e. The molecule has 168 valence electrons. The van der Waals surface area contributed by atoms with Gasteiger partial charge < -0.3 is 19.4 Å². The molecule has 6 nitrogen and oxygen atoms in total. The number of ether oxygens (including phenoxy) is 2. The second-order valence-corrected chi connectivity index (χ2v) is 8.43. The number of hydrogen-bond acceptors (Lipinski definition) is 4. The molecule has 1 aliphatic rings. The number of hydrogen-bond donors (Lipinski definition) is 1. The summed E-state index contributed by atoms with van der Waals surface area (Å²) in [5.41, 5.74) is 3.96. The Balaban J connectivity index is 1.44. The van der Waals surface area contributed by atoms with Crippen LogP contribution in [0, 0.1) is 5.92 Å². The van der Waals surface area contributed by atoms with Gasteiger partial charge in [0.05, 0.1) is 25.3 Å². The molecule has 0 bridgehead atoms. The van der Waals surface area contributed by atoms with Gasteiger partial charge in [0.25, 0.3) is 0 Å². The minimum absolute atomic E-state index is 0.0192. The van der Waals surface area contributed by atoms with Crippen LogP contribution in [0.3, 0.4) is 0 Å². The second kappa shape index (κ2) is 8.62. The normalized spacial score (nSPS) is 18.0. The molecule has 1 heterocycles. The van der Waals surface area contributed by atoms with Crippen molar-refractivity contribution in [1.82, 2.24) is 14.9 Å². The lowest BCUT2D eigenvalue weighted by Crippen LogP contribution is -2.32. The summed E-state index contributed by atoms with van der Waals surface area (Å²) >= 11 is 0. The molecule has 1 amide bonds. The van der Waals surface area contributed by atoms with E-state index < -0.39 is 0 Å². The predicted octanol–water partition coefficient (Wildman–Crippen LogP) is 4.60. The van der Waals surface area contributed by atoms with Crippen LogP contribution in [0.2, 0.25) is 0 Å². The van der Waals surface area contributed by atoms with E-state index in [1.807, 2.05) is 79.8 Å². The Hall–Kier alpha value is -3.80. The van der Waals surface area contributed by atoms with Crippen molar-refractivity contribution < 1.29 is 14.3 Å². The maximum absolute atomic E-state index is 13.4. The maximum atomic E-state index is 13.4. The Bertz CT molecular complexity index is 1300. The van der Waals surface area contributed by atoms with Gasteiger partial charge in [0, 0.05) is 24.4 Å². The Kier molecular flexibility index (Phi) is 5.50. The number of carbonyl (C=O) groups is 1. The molecule has 3 atom stereocenters. The first-order valence-electron chi connectivity index (χ1n) is 11.1. The average molecular weight is 442 g/mol. The number of aryl methyl sites for hydroxylation is 1. The van der Waals surface area contributed by atoms with E-state index in [1.165, 1.54) is 0 Å². The zero-order chi connectivity index (χ0) is 22.9. The van der Waals surface area contributed by atoms with E-state index in [0.29, 0.717) is 0 Å². The molecular weight excluding hydrogens is 414 g/mol. The van der Waals surface area contributed by atoms with Crippen molar-refractivity contribution in [2.45, 2.75) is 18.4 Å². The van der Waals surface area contributed by atoms with Crippen LogP contribution >= 0.6 is 0 Å². The molecule has 5 rings (SSSR count). The van der Waals surface area contributed by atoms with Crippen LogP contribution in [0.4, 0.5) is 0 Å². The third-order valence-corrected chi connectivity index (χ3v) is 6.46. The first kappa shape index (κ1) is 21.1. The largest absolute Gasteiger partial charge is 0.497 e. The summed E-state index contributed by atoms with van der Waals surface area (Å²) in [6.45, 7) is 0. The van der Waals surface area contributed by atoms with Crippen molar-refractivity contribution in [3.05, 3.63) is 89.7 Å². The molecule has 1 N–H and O–H groups in total. The Morgan fingerprint density at radius 2 is 1.79 bits per heavy atom. The lowest BCUT2D eigenvalue weighted by atomic mass is 10.0. The van der Waals surface area contributed by atoms with Gasteiger partial charge in [-0.25, -0.2) is 4.98 Å². The second-order valence-electron chi connectivity index (χ2n) is 8.43. The summed E-state index contributed by atoms with van der Waals surface area (Å²) < 4.78 is 13.0. The van der Waals surface area contributed by atoms with Crippen molar-refractivity contribution in [3.8, 4) is 11.5 Å². The summed E-state index contributed by atoms with van der Waals surface area (Å²) in [4.78, 5) is 18.3. The number of amides is 1. The fraction of sp³-hybridized carbons (Fsp3) is 0.259. The van der Waals surface area contributed by atoms with E-state index in [0.717, 1.165) is 45.9 Å². The zero-order valence-corrected chi connectivity index (χ0v) is 19.0. The summed E-state index contributed by atoms with van der Waals surface area (Å²) in [5.74, 6) is 2.36. The molecular formula is C27H27N3O3. The Morgan fingerprint density at radius 1 is 1.03 bits per heavy atom. The highest BCUT2D eigenvalue weighted by atomic mass is 16.5. The van der Waals surface area contributed by atoms with Crippen LogP contribution in [-0.2, 0) is 11.8 Å². The SMILES string of the molecule is COc1ccc(OC)c(C2CC2C(=O)NC(c2ccccc2)c2nc3ccccc3n2C)c1. The lowest BCUT2D eigenvalue weighted by molar-refractivity contribution is -0.123. The summed E-state index contributed by atoms with van der Waals surface area (Å²) in [6, 6.07) is 23.4. The topological polar surface area (TPSA) is 65.4 Å². The minimum atomic E-state index is -0.343. The first-order chi connectivity index (χ1) is 16.1. The number of fused-ring (bicyclic) bond motifs is 1. The fourth-order valence-electron chi connectivity index (χ4n) is 4.57. The van der Waals surface area contributed by atoms with Crippen LogP contribution in [0.15, 0.2) is 72.8 Å². The molecule has 4 aromatic rings. The Labute approximate surface area is 193 Å². The number of methoxy groups -OCH3 is 2. The average Bonchev–Trinajstić information content (AvgIpc) is 3.60. The van der Waals surface area contributed by atoms with Crippen molar-refractivity contribution in [2.75, 3.05) is 14.2 Å². The summed E-state index contributed by atoms with van der Waals surface area (Å²) in [7, 11) is 5.29. The number of rotatable bonds is 7. The quantitative estimate of drug-likeness (QED) is 0.455. The van der Waals surface area contributed by atoms with E-state index in [-0.39, 0.29) is 23.8 Å². The van der Waals surface area contributed by atoms with E-state index in [1.54, 1.807) is 14.2 Å². The highest BCUT2D eigenvalue weighted by molar-refractivity contribution is 5.84. The van der Waals surface area contributed by atoms with Crippen molar-refractivity contribution in [1.29, 1.82) is 0 Å². The standard InChI is InChI=1S/C27H27N3O3/c1-30-23-12-8-7-11-22(23)28-26(30)25(17-9-5-4-6-10-17)29-27(31)21-16-19(21)20-15-18(32-2)13-14-24(20)33-3/h4-15,19,21,25H,16H2,1-3H3,(H,29,31). The van der Waals surface area contributed by atoms with E-state index in [9.17, 15) is 4.79 Å². The molecule has 1 aliphatic carbocycles. The van der Waals surface area contributed by atoms with Gasteiger partial charge in [-0.3, -0.25) is 4.79 Å². The highest BCUT2D eigenvalue weighted by Gasteiger charge is 2.46. The maximum Gasteiger partial charge on any atom is 0.224 e. The van der Waals surface area contributed by atoms with E-state index in [4.69, 9.17) is 14.5 Å². The van der Waals surface area contributed by atoms with Gasteiger partial charge >= 0.3 is 0 Å². The van der Waals surface area contributed by atoms with Gasteiger partial charge in [-0.15, -0.1) is 0 Å². The molecule has 3 unspecified atom stereocenters. The third-order valence-electron chi connectivity index (χ3n) is 6.46. The number of aromatic nitrogens is 2. The summed E-state index contributed by atoms with van der Waals surface area (Å²) in [5, 5.41) is 3.28. The molecule has 33 heavy (non-hydrogen) atoms. The molecule has 3 aromatic carbocycles. The van der Waals surface area contributed by atoms with Crippen LogP contribution < -0.4 is 14.8 Å². The van der Waals surface area contributed by atoms with Gasteiger partial charge in [-0.2, -0.15) is 0 Å². The van der Waals surface area contributed by atoms with Gasteiger partial charge in [0.2, 0.25) is 5.91 Å². The number of benzene rings is 3. The van der Waals surface area contributed by atoms with Crippen molar-refractivity contribution in [3.63, 3.8) is 0 Å². The molecule has 1 saturated carbocycles. The fourth-order valence-corrected chi connectivity index (χ4v) is 4.57. The van der Waals surface area contributed by atoms with E-state index in [2.05, 4.69) is 9.88 Å². The number of nitrogens with one attached hydrogen (secondary N) is 1. The van der Waals surface area contributed by atoms with Gasteiger partial charge in [-0.05, 0) is 42.3 Å². The molecule has 0 spiro atoms. The molecule has 6 heteroatoms. The zero-order valence-electron chi connectivity index (χ0n) is 19.0. The number of carbonyl (C=O) groups excluding carboxylic acids is 1. The Morgan fingerprint density at radius 3 is 2.52 bits per heavy atom. The van der Waals surface area contributed by atoms with Gasteiger partial charge in [0.15, 0.2) is 0 Å². The van der Waals surface area contributed by atoms with Crippen molar-refractivity contribution >= 4 is 16.9 Å². The summed E-state index contributed by atoms with van der Waals surface area (Å²) in [6.07, 6.45) is 0.777. The number of imidazole rings is 1. The molecule has 1 fully saturated rings. The molecule has 0 aliphatic heterocycles. The monoisotopic (exact) mass is 441 g/mol. The number of para-hydroxylation sites is 2. The van der Waals surface area contributed by atoms with Crippen molar-refractivity contribution in [2.24, 2.45) is 13.0 Å². The van der Waals surface area contributed by atoms with Crippen LogP contribution in [-0.4, -0.2) is 29.7 Å². The first-order valence-corrected chi connectivity index (χ1v) is 11.1. The van der Waals surface area contributed by atoms with Crippen LogP contribution in [0.1, 0.15) is 35.3 Å². The smallest absolute Gasteiger partial charge is 0.224 e. The van der Waals surface area contributed by atoms with Gasteiger partial charge in [-0.1, -0.05) is 42.5 Å². The van der Waals surface area contributed by atoms with Gasteiger partial charge in [0.1, 0.15) is 23.4 Å². The third kappa shape index (κ3) is 3.93. The number of nitrogens with zero attached hydrogens (tertiary/aromatic N) is 2. The molecule has 0 saturated heterocycles. The predicted molar refractivity (Wildman–Crippen MR) is 128 cm³/mol. The lowest BCUT2D eigenvalue weighted by Gasteiger charge is -2.19.